The minimum Gasteiger partial charge on any atom is -0.493 e. The zero-order valence-corrected chi connectivity index (χ0v) is 30.8. The van der Waals surface area contributed by atoms with Crippen molar-refractivity contribution < 1.29 is 28.9 Å². The van der Waals surface area contributed by atoms with Gasteiger partial charge in [0.15, 0.2) is 0 Å². The third-order valence-corrected chi connectivity index (χ3v) is 8.66. The Balaban J connectivity index is 0.00000105. The third kappa shape index (κ3) is 12.1. The second-order valence-electron chi connectivity index (χ2n) is 14.6. The van der Waals surface area contributed by atoms with E-state index in [9.17, 15) is 14.3 Å². The molecule has 0 aliphatic carbocycles. The van der Waals surface area contributed by atoms with E-state index >= 15 is 0 Å². The summed E-state index contributed by atoms with van der Waals surface area (Å²) < 4.78 is 25.5. The van der Waals surface area contributed by atoms with E-state index in [4.69, 9.17) is 31.2 Å². The minimum absolute atomic E-state index is 0.116. The van der Waals surface area contributed by atoms with Crippen molar-refractivity contribution in [1.82, 2.24) is 4.98 Å². The van der Waals surface area contributed by atoms with Gasteiger partial charge in [0.2, 0.25) is 0 Å². The van der Waals surface area contributed by atoms with Crippen LogP contribution < -0.4 is 9.64 Å². The topological polar surface area (TPSA) is 92.1 Å². The number of halogens is 2. The van der Waals surface area contributed by atoms with Gasteiger partial charge in [0.25, 0.3) is 0 Å². The maximum atomic E-state index is 13.3. The summed E-state index contributed by atoms with van der Waals surface area (Å²) >= 11 is 6.19. The number of aryl methyl sites for hydroxylation is 1. The molecule has 268 valence electrons. The number of ether oxygens (including phenoxy) is 2. The quantitative estimate of drug-likeness (QED) is 0.152. The zero-order chi connectivity index (χ0) is 36.5. The number of benzene rings is 3. The molecule has 1 aliphatic heterocycles. The summed E-state index contributed by atoms with van der Waals surface area (Å²) in [6.45, 7) is 14.4. The van der Waals surface area contributed by atoms with E-state index < -0.39 is 11.6 Å². The summed E-state index contributed by atoms with van der Waals surface area (Å²) in [5, 5.41) is 19.1. The number of piperidine rings is 1. The van der Waals surface area contributed by atoms with Gasteiger partial charge >= 0.3 is 5.97 Å². The van der Waals surface area contributed by atoms with Crippen molar-refractivity contribution in [2.24, 2.45) is 5.41 Å². The van der Waals surface area contributed by atoms with E-state index in [1.165, 1.54) is 12.1 Å². The van der Waals surface area contributed by atoms with Crippen molar-refractivity contribution in [3.05, 3.63) is 112 Å². The Morgan fingerprint density at radius 3 is 2.22 bits per heavy atom. The first-order valence-corrected chi connectivity index (χ1v) is 17.5. The van der Waals surface area contributed by atoms with Crippen molar-refractivity contribution in [3.63, 3.8) is 0 Å². The van der Waals surface area contributed by atoms with Gasteiger partial charge in [-0.1, -0.05) is 61.8 Å². The molecule has 0 atom stereocenters. The van der Waals surface area contributed by atoms with E-state index in [0.29, 0.717) is 36.1 Å². The molecule has 1 aromatic heterocycles. The van der Waals surface area contributed by atoms with Crippen LogP contribution in [-0.2, 0) is 35.6 Å². The number of aliphatic hydroxyl groups is 1. The molecule has 50 heavy (non-hydrogen) atoms. The second kappa shape index (κ2) is 17.3. The lowest BCUT2D eigenvalue weighted by Crippen LogP contribution is -2.38. The number of anilines is 1. The van der Waals surface area contributed by atoms with Crippen molar-refractivity contribution >= 4 is 23.3 Å². The van der Waals surface area contributed by atoms with Gasteiger partial charge in [0, 0.05) is 41.4 Å². The average molecular weight is 705 g/mol. The van der Waals surface area contributed by atoms with Gasteiger partial charge in [-0.15, -0.1) is 0 Å². The smallest absolute Gasteiger partial charge is 0.307 e. The van der Waals surface area contributed by atoms with Gasteiger partial charge in [-0.2, -0.15) is 0 Å². The van der Waals surface area contributed by atoms with E-state index in [1.807, 2.05) is 55.5 Å². The molecule has 3 aromatic carbocycles. The fraction of sp³-hybridized carbons (Fsp3) is 0.415. The van der Waals surface area contributed by atoms with Crippen LogP contribution in [0.3, 0.4) is 0 Å². The molecular weight excluding hydrogens is 655 g/mol. The summed E-state index contributed by atoms with van der Waals surface area (Å²) in [6.07, 6.45) is 2.55. The number of rotatable bonds is 12. The molecule has 7 nitrogen and oxygen atoms in total. The molecule has 1 aliphatic rings. The predicted octanol–water partition coefficient (Wildman–Crippen LogP) is 9.22. The van der Waals surface area contributed by atoms with Gasteiger partial charge in [-0.3, -0.25) is 9.78 Å². The van der Waals surface area contributed by atoms with Crippen LogP contribution in [-0.4, -0.2) is 46.5 Å². The number of hydrogen-bond acceptors (Lipinski definition) is 6. The Morgan fingerprint density at radius 1 is 0.980 bits per heavy atom. The third-order valence-electron chi connectivity index (χ3n) is 8.42. The number of carbonyl (C=O) groups is 1. The molecule has 0 saturated carbocycles. The molecule has 0 radical (unpaired) electrons. The number of aliphatic carboxylic acids is 1. The molecule has 2 heterocycles. The van der Waals surface area contributed by atoms with E-state index in [2.05, 4.69) is 18.7 Å². The Labute approximate surface area is 301 Å². The Kier molecular flexibility index (Phi) is 13.4. The molecule has 5 rings (SSSR count). The molecule has 2 N–H and O–H groups in total. The summed E-state index contributed by atoms with van der Waals surface area (Å²) in [4.78, 5) is 19.4. The monoisotopic (exact) mass is 704 g/mol. The summed E-state index contributed by atoms with van der Waals surface area (Å²) in [7, 11) is 0. The van der Waals surface area contributed by atoms with Gasteiger partial charge < -0.3 is 24.6 Å². The first kappa shape index (κ1) is 38.8. The number of hydrogen-bond donors (Lipinski definition) is 2. The normalized spacial score (nSPS) is 14.1. The van der Waals surface area contributed by atoms with Crippen molar-refractivity contribution in [3.8, 4) is 16.9 Å². The van der Waals surface area contributed by atoms with Crippen LogP contribution >= 0.6 is 11.6 Å². The van der Waals surface area contributed by atoms with E-state index in [1.54, 1.807) is 32.9 Å². The van der Waals surface area contributed by atoms with Crippen LogP contribution in [0.25, 0.3) is 11.1 Å². The first-order chi connectivity index (χ1) is 23.6. The molecule has 0 amide bonds. The SMILES string of the molecule is CC(C)(C)O.Cc1nc(COCc2cccc(Cl)c2)c(-c2ccc(OCCc3ccc(F)cc3)cc2)c(N2CCC(C)(C)CC2)c1CC(=O)O. The number of carboxylic acid groups (broad SMARTS) is 1. The molecule has 0 spiro atoms. The molecule has 1 saturated heterocycles. The number of nitrogens with zero attached hydrogens (tertiary/aromatic N) is 2. The zero-order valence-electron chi connectivity index (χ0n) is 30.1. The molecule has 1 fully saturated rings. The molecular formula is C41H50ClFN2O5. The lowest BCUT2D eigenvalue weighted by atomic mass is 9.82. The van der Waals surface area contributed by atoms with Crippen molar-refractivity contribution in [1.29, 1.82) is 0 Å². The largest absolute Gasteiger partial charge is 0.493 e. The fourth-order valence-electron chi connectivity index (χ4n) is 5.79. The Morgan fingerprint density at radius 2 is 1.62 bits per heavy atom. The lowest BCUT2D eigenvalue weighted by Gasteiger charge is -2.40. The van der Waals surface area contributed by atoms with Crippen LogP contribution in [0, 0.1) is 18.2 Å². The maximum Gasteiger partial charge on any atom is 0.307 e. The average Bonchev–Trinajstić information content (AvgIpc) is 3.03. The van der Waals surface area contributed by atoms with Gasteiger partial charge in [0.05, 0.1) is 43.2 Å². The Bertz CT molecular complexity index is 1700. The Hall–Kier alpha value is -3.98. The standard InChI is InChI=1S/C37H40ClFN2O4.C4H10O/c1-25-32(22-34(42)43)36(41-18-16-37(2,3)17-19-41)35(33(40-25)24-44-23-27-5-4-6-29(38)21-27)28-9-13-31(14-10-28)45-20-15-26-7-11-30(39)12-8-26;1-4(2,3)5/h4-14,21H,15-20,22-24H2,1-3H3,(H,42,43);5H,1-3H3. The predicted molar refractivity (Wildman–Crippen MR) is 198 cm³/mol. The van der Waals surface area contributed by atoms with Crippen LogP contribution in [0.2, 0.25) is 5.02 Å². The van der Waals surface area contributed by atoms with Crippen molar-refractivity contribution in [2.75, 3.05) is 24.6 Å². The fourth-order valence-corrected chi connectivity index (χ4v) is 6.00. The summed E-state index contributed by atoms with van der Waals surface area (Å²) in [6, 6.07) is 21.9. The highest BCUT2D eigenvalue weighted by Crippen LogP contribution is 2.42. The van der Waals surface area contributed by atoms with Crippen LogP contribution in [0.4, 0.5) is 10.1 Å². The molecule has 0 bridgehead atoms. The van der Waals surface area contributed by atoms with Crippen molar-refractivity contribution in [2.45, 2.75) is 86.0 Å². The molecule has 9 heteroatoms. The number of carboxylic acids is 1. The highest BCUT2D eigenvalue weighted by Gasteiger charge is 2.31. The highest BCUT2D eigenvalue weighted by atomic mass is 35.5. The molecule has 0 unspecified atom stereocenters. The van der Waals surface area contributed by atoms with E-state index in [-0.39, 0.29) is 24.3 Å². The van der Waals surface area contributed by atoms with E-state index in [0.717, 1.165) is 65.1 Å². The highest BCUT2D eigenvalue weighted by molar-refractivity contribution is 6.30. The van der Waals surface area contributed by atoms with Gasteiger partial charge in [-0.05, 0) is 99.0 Å². The first-order valence-electron chi connectivity index (χ1n) is 17.1. The molecule has 4 aromatic rings. The number of aromatic nitrogens is 1. The summed E-state index contributed by atoms with van der Waals surface area (Å²) in [5.74, 6) is -0.430. The minimum atomic E-state index is -0.890. The lowest BCUT2D eigenvalue weighted by molar-refractivity contribution is -0.136. The van der Waals surface area contributed by atoms with Crippen LogP contribution in [0.1, 0.15) is 75.5 Å². The second-order valence-corrected chi connectivity index (χ2v) is 15.0. The number of pyridine rings is 1. The van der Waals surface area contributed by atoms with Gasteiger partial charge in [-0.25, -0.2) is 4.39 Å². The van der Waals surface area contributed by atoms with Gasteiger partial charge in [0.1, 0.15) is 11.6 Å². The van der Waals surface area contributed by atoms with Crippen LogP contribution in [0.5, 0.6) is 5.75 Å². The van der Waals surface area contributed by atoms with Crippen LogP contribution in [0.15, 0.2) is 72.8 Å². The summed E-state index contributed by atoms with van der Waals surface area (Å²) in [5.41, 5.74) is 6.60. The maximum absolute atomic E-state index is 13.3.